The quantitative estimate of drug-likeness (QED) is 0.889. The predicted molar refractivity (Wildman–Crippen MR) is 101 cm³/mol. The molecule has 138 valence electrons. The van der Waals surface area contributed by atoms with E-state index in [4.69, 9.17) is 4.98 Å². The second-order valence-corrected chi connectivity index (χ2v) is 7.29. The van der Waals surface area contributed by atoms with E-state index < -0.39 is 0 Å². The van der Waals surface area contributed by atoms with Crippen molar-refractivity contribution in [1.82, 2.24) is 14.9 Å². The van der Waals surface area contributed by atoms with Crippen LogP contribution < -0.4 is 10.2 Å². The van der Waals surface area contributed by atoms with Crippen molar-refractivity contribution in [2.45, 2.75) is 64.8 Å². The molecule has 2 fully saturated rings. The van der Waals surface area contributed by atoms with Gasteiger partial charge in [-0.05, 0) is 26.2 Å². The normalized spacial score (nSPS) is 19.1. The third-order valence-electron chi connectivity index (χ3n) is 5.20. The molecule has 2 aliphatic rings. The number of anilines is 2. The van der Waals surface area contributed by atoms with E-state index in [1.54, 1.807) is 0 Å². The van der Waals surface area contributed by atoms with Gasteiger partial charge in [0.15, 0.2) is 0 Å². The van der Waals surface area contributed by atoms with Crippen molar-refractivity contribution >= 4 is 17.7 Å². The number of hydrogen-bond donors (Lipinski definition) is 1. The maximum Gasteiger partial charge on any atom is 0.225 e. The molecule has 0 aromatic carbocycles. The minimum atomic E-state index is 0.278. The van der Waals surface area contributed by atoms with E-state index in [2.05, 4.69) is 28.2 Å². The second kappa shape index (κ2) is 8.50. The number of carbonyl (C=O) groups excluding carboxylic acids is 1. The van der Waals surface area contributed by atoms with E-state index in [-0.39, 0.29) is 5.91 Å². The third-order valence-corrected chi connectivity index (χ3v) is 5.20. The van der Waals surface area contributed by atoms with E-state index >= 15 is 0 Å². The van der Waals surface area contributed by atoms with Crippen LogP contribution in [0.15, 0.2) is 6.07 Å². The fourth-order valence-corrected chi connectivity index (χ4v) is 3.76. The van der Waals surface area contributed by atoms with Gasteiger partial charge >= 0.3 is 0 Å². The van der Waals surface area contributed by atoms with Crippen LogP contribution in [0.1, 0.15) is 57.6 Å². The SMILES string of the molecule is CCCC(=O)N1CCN(c2cc(C)nc(NC3CCCCC3)n2)CC1. The standard InChI is InChI=1S/C19H31N5O/c1-3-7-18(25)24-12-10-23(11-13-24)17-14-15(2)20-19(22-17)21-16-8-5-4-6-9-16/h14,16H,3-13H2,1-2H3,(H,20,21,22). The molecule has 0 radical (unpaired) electrons. The average molecular weight is 345 g/mol. The summed E-state index contributed by atoms with van der Waals surface area (Å²) in [6.45, 7) is 7.33. The first kappa shape index (κ1) is 18.0. The van der Waals surface area contributed by atoms with Crippen LogP contribution in [0.25, 0.3) is 0 Å². The van der Waals surface area contributed by atoms with Gasteiger partial charge in [-0.3, -0.25) is 4.79 Å². The smallest absolute Gasteiger partial charge is 0.225 e. The Kier molecular flexibility index (Phi) is 6.10. The van der Waals surface area contributed by atoms with Gasteiger partial charge in [0.1, 0.15) is 5.82 Å². The minimum absolute atomic E-state index is 0.278. The number of aryl methyl sites for hydroxylation is 1. The first-order chi connectivity index (χ1) is 12.2. The summed E-state index contributed by atoms with van der Waals surface area (Å²) in [5.74, 6) is 2.01. The van der Waals surface area contributed by atoms with Crippen molar-refractivity contribution in [1.29, 1.82) is 0 Å². The van der Waals surface area contributed by atoms with E-state index in [0.29, 0.717) is 12.5 Å². The molecule has 6 nitrogen and oxygen atoms in total. The minimum Gasteiger partial charge on any atom is -0.353 e. The lowest BCUT2D eigenvalue weighted by Crippen LogP contribution is -2.49. The highest BCUT2D eigenvalue weighted by Gasteiger charge is 2.22. The van der Waals surface area contributed by atoms with Crippen LogP contribution >= 0.6 is 0 Å². The molecule has 6 heteroatoms. The van der Waals surface area contributed by atoms with Crippen LogP contribution in [0.3, 0.4) is 0 Å². The molecular formula is C19H31N5O. The molecule has 0 bridgehead atoms. The molecule has 25 heavy (non-hydrogen) atoms. The van der Waals surface area contributed by atoms with Gasteiger partial charge in [0.05, 0.1) is 0 Å². The number of nitrogens with zero attached hydrogens (tertiary/aromatic N) is 4. The number of piperazine rings is 1. The summed E-state index contributed by atoms with van der Waals surface area (Å²) in [6, 6.07) is 2.56. The molecule has 2 heterocycles. The van der Waals surface area contributed by atoms with Crippen LogP contribution in [0.5, 0.6) is 0 Å². The van der Waals surface area contributed by atoms with Crippen molar-refractivity contribution in [3.8, 4) is 0 Å². The van der Waals surface area contributed by atoms with Crippen molar-refractivity contribution in [3.63, 3.8) is 0 Å². The monoisotopic (exact) mass is 345 g/mol. The number of aromatic nitrogens is 2. The molecule has 0 atom stereocenters. The second-order valence-electron chi connectivity index (χ2n) is 7.29. The molecular weight excluding hydrogens is 314 g/mol. The van der Waals surface area contributed by atoms with Gasteiger partial charge < -0.3 is 15.1 Å². The lowest BCUT2D eigenvalue weighted by Gasteiger charge is -2.35. The summed E-state index contributed by atoms with van der Waals surface area (Å²) in [5.41, 5.74) is 0.993. The highest BCUT2D eigenvalue weighted by atomic mass is 16.2. The van der Waals surface area contributed by atoms with Crippen molar-refractivity contribution in [3.05, 3.63) is 11.8 Å². The molecule has 1 aromatic heterocycles. The Bertz CT molecular complexity index is 577. The number of hydrogen-bond acceptors (Lipinski definition) is 5. The van der Waals surface area contributed by atoms with Gasteiger partial charge in [-0.25, -0.2) is 4.98 Å². The first-order valence-corrected chi connectivity index (χ1v) is 9.80. The zero-order chi connectivity index (χ0) is 17.6. The van der Waals surface area contributed by atoms with Crippen LogP contribution in [-0.4, -0.2) is 53.0 Å². The Morgan fingerprint density at radius 1 is 1.16 bits per heavy atom. The van der Waals surface area contributed by atoms with Crippen LogP contribution in [0.4, 0.5) is 11.8 Å². The van der Waals surface area contributed by atoms with Gasteiger partial charge in [-0.2, -0.15) is 4.98 Å². The van der Waals surface area contributed by atoms with Crippen molar-refractivity contribution in [2.24, 2.45) is 0 Å². The maximum atomic E-state index is 12.0. The van der Waals surface area contributed by atoms with Gasteiger partial charge in [0.2, 0.25) is 11.9 Å². The highest BCUT2D eigenvalue weighted by Crippen LogP contribution is 2.22. The molecule has 1 saturated heterocycles. The van der Waals surface area contributed by atoms with Crippen molar-refractivity contribution in [2.75, 3.05) is 36.4 Å². The molecule has 0 unspecified atom stereocenters. The fraction of sp³-hybridized carbons (Fsp3) is 0.737. The summed E-state index contributed by atoms with van der Waals surface area (Å²) >= 11 is 0. The molecule has 1 saturated carbocycles. The zero-order valence-electron chi connectivity index (χ0n) is 15.6. The van der Waals surface area contributed by atoms with Gasteiger partial charge in [0.25, 0.3) is 0 Å². The Labute approximate surface area is 151 Å². The van der Waals surface area contributed by atoms with Crippen LogP contribution in [-0.2, 0) is 4.79 Å². The van der Waals surface area contributed by atoms with E-state index in [9.17, 15) is 4.79 Å². The molecule has 1 aliphatic carbocycles. The van der Waals surface area contributed by atoms with E-state index in [0.717, 1.165) is 50.1 Å². The lowest BCUT2D eigenvalue weighted by atomic mass is 9.96. The largest absolute Gasteiger partial charge is 0.353 e. The zero-order valence-corrected chi connectivity index (χ0v) is 15.6. The molecule has 1 aromatic rings. The highest BCUT2D eigenvalue weighted by molar-refractivity contribution is 5.76. The topological polar surface area (TPSA) is 61.4 Å². The predicted octanol–water partition coefficient (Wildman–Crippen LogP) is 2.98. The molecule has 1 aliphatic heterocycles. The Hall–Kier alpha value is -1.85. The summed E-state index contributed by atoms with van der Waals surface area (Å²) in [5, 5.41) is 3.53. The summed E-state index contributed by atoms with van der Waals surface area (Å²) in [7, 11) is 0. The molecule has 1 amide bonds. The average Bonchev–Trinajstić information content (AvgIpc) is 2.62. The molecule has 0 spiro atoms. The van der Waals surface area contributed by atoms with Crippen molar-refractivity contribution < 1.29 is 4.79 Å². The number of nitrogens with one attached hydrogen (secondary N) is 1. The first-order valence-electron chi connectivity index (χ1n) is 9.80. The Morgan fingerprint density at radius 2 is 1.88 bits per heavy atom. The molecule has 1 N–H and O–H groups in total. The van der Waals surface area contributed by atoms with Gasteiger partial charge in [-0.15, -0.1) is 0 Å². The van der Waals surface area contributed by atoms with E-state index in [1.807, 2.05) is 11.8 Å². The summed E-state index contributed by atoms with van der Waals surface area (Å²) in [4.78, 5) is 25.6. The fourth-order valence-electron chi connectivity index (χ4n) is 3.76. The van der Waals surface area contributed by atoms with E-state index in [1.165, 1.54) is 32.1 Å². The van der Waals surface area contributed by atoms with Gasteiger partial charge in [-0.1, -0.05) is 26.2 Å². The summed E-state index contributed by atoms with van der Waals surface area (Å²) < 4.78 is 0. The third kappa shape index (κ3) is 4.83. The maximum absolute atomic E-state index is 12.0. The molecule has 3 rings (SSSR count). The van der Waals surface area contributed by atoms with Gasteiger partial charge in [0, 0.05) is 50.4 Å². The number of amides is 1. The van der Waals surface area contributed by atoms with Crippen LogP contribution in [0.2, 0.25) is 0 Å². The number of rotatable bonds is 5. The summed E-state index contributed by atoms with van der Waals surface area (Å²) in [6.07, 6.45) is 7.94. The Morgan fingerprint density at radius 3 is 2.56 bits per heavy atom. The lowest BCUT2D eigenvalue weighted by molar-refractivity contribution is -0.131. The Balaban J connectivity index is 1.61. The van der Waals surface area contributed by atoms with Crippen LogP contribution in [0, 0.1) is 6.92 Å². The number of carbonyl (C=O) groups is 1.